The molecule has 0 radical (unpaired) electrons. The molecular weight excluding hydrogens is 330 g/mol. The number of halogens is 1. The van der Waals surface area contributed by atoms with E-state index >= 15 is 0 Å². The number of aromatic nitrogens is 4. The van der Waals surface area contributed by atoms with Crippen LogP contribution in [0.25, 0.3) is 11.4 Å². The van der Waals surface area contributed by atoms with Crippen molar-refractivity contribution >= 4 is 21.6 Å². The number of nitrogen functional groups attached to an aromatic ring is 1. The summed E-state index contributed by atoms with van der Waals surface area (Å²) in [4.78, 5) is 0. The van der Waals surface area contributed by atoms with Crippen LogP contribution in [0.2, 0.25) is 0 Å². The molecule has 0 spiro atoms. The van der Waals surface area contributed by atoms with E-state index in [1.165, 1.54) is 25.7 Å². The summed E-state index contributed by atoms with van der Waals surface area (Å²) in [5.41, 5.74) is 9.20. The van der Waals surface area contributed by atoms with Gasteiger partial charge in [-0.15, -0.1) is 5.10 Å². The highest BCUT2D eigenvalue weighted by molar-refractivity contribution is 9.10. The van der Waals surface area contributed by atoms with Gasteiger partial charge in [-0.25, -0.2) is 4.68 Å². The smallest absolute Gasteiger partial charge is 0.182 e. The molecule has 1 aliphatic rings. The van der Waals surface area contributed by atoms with Gasteiger partial charge in [0.1, 0.15) is 0 Å². The largest absolute Gasteiger partial charge is 0.398 e. The third kappa shape index (κ3) is 2.57. The normalized spacial score (nSPS) is 16.7. The van der Waals surface area contributed by atoms with E-state index in [9.17, 15) is 0 Å². The zero-order valence-corrected chi connectivity index (χ0v) is 14.0. The van der Waals surface area contributed by atoms with Gasteiger partial charge >= 0.3 is 0 Å². The second-order valence-corrected chi connectivity index (χ2v) is 6.95. The predicted molar refractivity (Wildman–Crippen MR) is 86.7 cm³/mol. The van der Waals surface area contributed by atoms with Crippen LogP contribution in [-0.4, -0.2) is 20.2 Å². The number of tetrazole rings is 1. The Balaban J connectivity index is 1.99. The molecule has 2 N–H and O–H groups in total. The van der Waals surface area contributed by atoms with E-state index in [0.29, 0.717) is 5.41 Å². The van der Waals surface area contributed by atoms with Crippen molar-refractivity contribution in [2.45, 2.75) is 46.1 Å². The maximum absolute atomic E-state index is 6.06. The average molecular weight is 350 g/mol. The van der Waals surface area contributed by atoms with E-state index in [2.05, 4.69) is 38.4 Å². The van der Waals surface area contributed by atoms with Crippen molar-refractivity contribution in [2.75, 3.05) is 5.73 Å². The van der Waals surface area contributed by atoms with Crippen LogP contribution in [0.1, 0.15) is 38.2 Å². The minimum Gasteiger partial charge on any atom is -0.398 e. The summed E-state index contributed by atoms with van der Waals surface area (Å²) in [6, 6.07) is 3.94. The molecule has 3 rings (SSSR count). The van der Waals surface area contributed by atoms with Crippen molar-refractivity contribution in [1.29, 1.82) is 0 Å². The average Bonchev–Trinajstić information content (AvgIpc) is 2.86. The van der Waals surface area contributed by atoms with Crippen LogP contribution in [0, 0.1) is 12.3 Å². The fourth-order valence-electron chi connectivity index (χ4n) is 3.05. The summed E-state index contributed by atoms with van der Waals surface area (Å²) < 4.78 is 2.89. The molecule has 0 unspecified atom stereocenters. The van der Waals surface area contributed by atoms with E-state index < -0.39 is 0 Å². The van der Waals surface area contributed by atoms with Crippen molar-refractivity contribution in [1.82, 2.24) is 20.2 Å². The van der Waals surface area contributed by atoms with E-state index in [0.717, 1.165) is 33.7 Å². The number of nitrogens with zero attached hydrogens (tertiary/aromatic N) is 4. The van der Waals surface area contributed by atoms with Crippen molar-refractivity contribution in [2.24, 2.45) is 5.41 Å². The van der Waals surface area contributed by atoms with Gasteiger partial charge in [0.15, 0.2) is 5.82 Å². The Bertz CT molecular complexity index is 655. The zero-order valence-electron chi connectivity index (χ0n) is 12.4. The Morgan fingerprint density at radius 1 is 1.38 bits per heavy atom. The van der Waals surface area contributed by atoms with Crippen molar-refractivity contribution in [3.8, 4) is 11.4 Å². The second kappa shape index (κ2) is 5.40. The summed E-state index contributed by atoms with van der Waals surface area (Å²) in [6.45, 7) is 5.15. The molecule has 1 fully saturated rings. The zero-order chi connectivity index (χ0) is 15.0. The highest BCUT2D eigenvalue weighted by Gasteiger charge is 2.36. The van der Waals surface area contributed by atoms with Gasteiger partial charge in [-0.1, -0.05) is 29.3 Å². The lowest BCUT2D eigenvalue weighted by atomic mass is 9.67. The molecular formula is C15H20BrN5. The van der Waals surface area contributed by atoms with Crippen molar-refractivity contribution < 1.29 is 0 Å². The van der Waals surface area contributed by atoms with Crippen LogP contribution >= 0.6 is 15.9 Å². The van der Waals surface area contributed by atoms with Crippen LogP contribution in [0.15, 0.2) is 16.6 Å². The fraction of sp³-hybridized carbons (Fsp3) is 0.533. The first kappa shape index (κ1) is 14.5. The van der Waals surface area contributed by atoms with Gasteiger partial charge in [0.05, 0.1) is 6.54 Å². The number of rotatable bonds is 4. The second-order valence-electron chi connectivity index (χ2n) is 6.03. The standard InChI is InChI=1S/C15H20BrN5/c1-3-15(5-4-6-15)9-21-14(18-19-20-21)12-7-11(16)8-13(17)10(12)2/h7-8H,3-6,9,17H2,1-2H3. The number of hydrogen-bond acceptors (Lipinski definition) is 4. The topological polar surface area (TPSA) is 69.6 Å². The molecule has 0 atom stereocenters. The highest BCUT2D eigenvalue weighted by Crippen LogP contribution is 2.45. The van der Waals surface area contributed by atoms with Gasteiger partial charge < -0.3 is 5.73 Å². The number of nitrogens with two attached hydrogens (primary N) is 1. The third-order valence-corrected chi connectivity index (χ3v) is 5.29. The van der Waals surface area contributed by atoms with Crippen LogP contribution < -0.4 is 5.73 Å². The molecule has 21 heavy (non-hydrogen) atoms. The van der Waals surface area contributed by atoms with Crippen LogP contribution in [0.4, 0.5) is 5.69 Å². The maximum atomic E-state index is 6.06. The number of hydrogen-bond donors (Lipinski definition) is 1. The SMILES string of the molecule is CCC1(Cn2nnnc2-c2cc(Br)cc(N)c2C)CCC1. The van der Waals surface area contributed by atoms with E-state index in [1.807, 2.05) is 23.7 Å². The lowest BCUT2D eigenvalue weighted by Gasteiger charge is -2.41. The highest BCUT2D eigenvalue weighted by atomic mass is 79.9. The third-order valence-electron chi connectivity index (χ3n) is 4.83. The van der Waals surface area contributed by atoms with Gasteiger partial charge in [0.25, 0.3) is 0 Å². The molecule has 0 aliphatic heterocycles. The summed E-state index contributed by atoms with van der Waals surface area (Å²) in [5.74, 6) is 0.806. The number of anilines is 1. The summed E-state index contributed by atoms with van der Waals surface area (Å²) in [5, 5.41) is 12.3. The lowest BCUT2D eigenvalue weighted by Crippen LogP contribution is -2.34. The molecule has 0 bridgehead atoms. The van der Waals surface area contributed by atoms with Gasteiger partial charge in [0.2, 0.25) is 0 Å². The van der Waals surface area contributed by atoms with E-state index in [-0.39, 0.29) is 0 Å². The van der Waals surface area contributed by atoms with Crippen LogP contribution in [0.5, 0.6) is 0 Å². The molecule has 5 nitrogen and oxygen atoms in total. The summed E-state index contributed by atoms with van der Waals surface area (Å²) in [6.07, 6.45) is 5.02. The van der Waals surface area contributed by atoms with Crippen molar-refractivity contribution in [3.05, 3.63) is 22.2 Å². The molecule has 2 aromatic rings. The monoisotopic (exact) mass is 349 g/mol. The Hall–Kier alpha value is -1.43. The first-order valence-corrected chi connectivity index (χ1v) is 8.16. The van der Waals surface area contributed by atoms with E-state index in [4.69, 9.17) is 5.73 Å². The Kier molecular flexibility index (Phi) is 3.73. The lowest BCUT2D eigenvalue weighted by molar-refractivity contribution is 0.0948. The number of benzene rings is 1. The molecule has 112 valence electrons. The van der Waals surface area contributed by atoms with Gasteiger partial charge in [-0.2, -0.15) is 0 Å². The first-order valence-electron chi connectivity index (χ1n) is 7.37. The Labute approximate surface area is 133 Å². The quantitative estimate of drug-likeness (QED) is 0.856. The molecule has 0 saturated heterocycles. The molecule has 0 amide bonds. The van der Waals surface area contributed by atoms with Gasteiger partial charge in [-0.05, 0) is 59.7 Å². The maximum Gasteiger partial charge on any atom is 0.182 e. The van der Waals surface area contributed by atoms with Crippen molar-refractivity contribution in [3.63, 3.8) is 0 Å². The molecule has 1 aliphatic carbocycles. The molecule has 1 aromatic heterocycles. The van der Waals surface area contributed by atoms with E-state index in [1.54, 1.807) is 0 Å². The predicted octanol–water partition coefficient (Wildman–Crippen LogP) is 3.57. The Morgan fingerprint density at radius 3 is 2.76 bits per heavy atom. The van der Waals surface area contributed by atoms with Crippen LogP contribution in [-0.2, 0) is 6.54 Å². The molecule has 1 saturated carbocycles. The summed E-state index contributed by atoms with van der Waals surface area (Å²) >= 11 is 3.50. The molecule has 6 heteroatoms. The fourth-order valence-corrected chi connectivity index (χ4v) is 3.53. The first-order chi connectivity index (χ1) is 10.0. The Morgan fingerprint density at radius 2 is 2.14 bits per heavy atom. The minimum absolute atomic E-state index is 0.371. The van der Waals surface area contributed by atoms with Crippen LogP contribution in [0.3, 0.4) is 0 Å². The molecule has 1 aromatic carbocycles. The summed E-state index contributed by atoms with van der Waals surface area (Å²) in [7, 11) is 0. The van der Waals surface area contributed by atoms with Gasteiger partial charge in [-0.3, -0.25) is 0 Å². The molecule has 1 heterocycles. The van der Waals surface area contributed by atoms with Gasteiger partial charge in [0, 0.05) is 15.7 Å². The minimum atomic E-state index is 0.371.